The number of anilines is 4. The van der Waals surface area contributed by atoms with Crippen molar-refractivity contribution in [3.8, 4) is 28.0 Å². The highest BCUT2D eigenvalue weighted by Gasteiger charge is 2.45. The molecule has 0 spiro atoms. The second-order valence-corrected chi connectivity index (χ2v) is 26.5. The first-order valence-electron chi connectivity index (χ1n) is 29.3. The number of thiazole rings is 3. The summed E-state index contributed by atoms with van der Waals surface area (Å²) in [6, 6.07) is 18.0. The molecule has 2 fully saturated rings. The molecule has 10 rings (SSSR count). The van der Waals surface area contributed by atoms with Crippen molar-refractivity contribution in [2.24, 2.45) is 5.41 Å². The molecular formula is C63H72FN13O8S3. The van der Waals surface area contributed by atoms with Gasteiger partial charge in [0.25, 0.3) is 0 Å². The van der Waals surface area contributed by atoms with E-state index in [1.54, 1.807) is 39.8 Å². The second-order valence-electron chi connectivity index (χ2n) is 23.5. The Balaban J connectivity index is 0.644. The number of ether oxygens (including phenoxy) is 1. The van der Waals surface area contributed by atoms with E-state index in [9.17, 15) is 34.2 Å². The van der Waals surface area contributed by atoms with Crippen LogP contribution in [0.3, 0.4) is 0 Å². The highest BCUT2D eigenvalue weighted by molar-refractivity contribution is 7.22. The molecule has 462 valence electrons. The van der Waals surface area contributed by atoms with Crippen LogP contribution in [0.5, 0.6) is 5.75 Å². The number of β-amino-alcohol motifs (C(OH)–C–C–N with tert-alkyl or cyclic N) is 1. The number of carbonyl (C=O) groups is 5. The third kappa shape index (κ3) is 14.9. The van der Waals surface area contributed by atoms with Crippen LogP contribution >= 0.6 is 34.0 Å². The summed E-state index contributed by atoms with van der Waals surface area (Å²) in [6.45, 7) is 14.2. The molecule has 21 nitrogen and oxygen atoms in total. The van der Waals surface area contributed by atoms with Crippen LogP contribution in [0.15, 0.2) is 72.2 Å². The number of halogens is 1. The lowest BCUT2D eigenvalue weighted by atomic mass is 9.85. The maximum absolute atomic E-state index is 15.3. The molecule has 4 amide bonds. The number of amides is 4. The van der Waals surface area contributed by atoms with Gasteiger partial charge in [-0.2, -0.15) is 0 Å². The molecule has 2 saturated heterocycles. The van der Waals surface area contributed by atoms with Gasteiger partial charge in [-0.1, -0.05) is 80.3 Å². The van der Waals surface area contributed by atoms with E-state index < -0.39 is 53.1 Å². The number of aromatic nitrogens is 5. The number of aliphatic hydroxyl groups is 1. The van der Waals surface area contributed by atoms with Crippen molar-refractivity contribution in [3.63, 3.8) is 0 Å². The van der Waals surface area contributed by atoms with Crippen LogP contribution in [0.25, 0.3) is 20.7 Å². The number of hydrogen-bond donors (Lipinski definition) is 5. The van der Waals surface area contributed by atoms with Crippen molar-refractivity contribution in [3.05, 3.63) is 117 Å². The fourth-order valence-electron chi connectivity index (χ4n) is 11.1. The first-order valence-corrected chi connectivity index (χ1v) is 31.9. The topological polar surface area (TPSA) is 252 Å². The molecule has 0 aliphatic carbocycles. The third-order valence-electron chi connectivity index (χ3n) is 15.9. The fourth-order valence-corrected chi connectivity index (χ4v) is 13.9. The predicted molar refractivity (Wildman–Crippen MR) is 338 cm³/mol. The smallest absolute Gasteiger partial charge is 0.355 e. The number of nitrogens with one attached hydrogen (secondary N) is 3. The van der Waals surface area contributed by atoms with Crippen LogP contribution in [-0.4, -0.2) is 175 Å². The van der Waals surface area contributed by atoms with Gasteiger partial charge in [0.2, 0.25) is 23.6 Å². The van der Waals surface area contributed by atoms with E-state index in [0.29, 0.717) is 79.3 Å². The average molecular weight is 1250 g/mol. The summed E-state index contributed by atoms with van der Waals surface area (Å²) in [5.41, 5.74) is 7.19. The zero-order valence-electron chi connectivity index (χ0n) is 50.3. The molecular weight excluding hydrogens is 1180 g/mol. The molecule has 4 aromatic heterocycles. The summed E-state index contributed by atoms with van der Waals surface area (Å²) in [6.07, 6.45) is 1.51. The number of carboxylic acids is 1. The van der Waals surface area contributed by atoms with E-state index in [4.69, 9.17) is 4.74 Å². The van der Waals surface area contributed by atoms with Gasteiger partial charge < -0.3 is 45.6 Å². The maximum Gasteiger partial charge on any atom is 0.355 e. The minimum atomic E-state index is -1.13. The van der Waals surface area contributed by atoms with E-state index in [1.165, 1.54) is 39.7 Å². The predicted octanol–water partition coefficient (Wildman–Crippen LogP) is 7.76. The van der Waals surface area contributed by atoms with Crippen molar-refractivity contribution in [1.29, 1.82) is 0 Å². The van der Waals surface area contributed by atoms with Gasteiger partial charge in [0.05, 0.1) is 64.7 Å². The molecule has 0 unspecified atom stereocenters. The number of fused-ring (bicyclic) bond motifs is 2. The Morgan fingerprint density at radius 1 is 0.943 bits per heavy atom. The zero-order chi connectivity index (χ0) is 62.4. The van der Waals surface area contributed by atoms with Gasteiger partial charge in [0, 0.05) is 67.3 Å². The number of benzene rings is 3. The molecule has 5 N–H and O–H groups in total. The third-order valence-corrected chi connectivity index (χ3v) is 19.0. The maximum atomic E-state index is 15.3. The van der Waals surface area contributed by atoms with Gasteiger partial charge in [0.1, 0.15) is 12.1 Å². The van der Waals surface area contributed by atoms with Crippen molar-refractivity contribution < 1.29 is 43.3 Å². The molecule has 88 heavy (non-hydrogen) atoms. The Hall–Kier alpha value is -7.99. The number of para-hydroxylation sites is 1. The average Bonchev–Trinajstić information content (AvgIpc) is 2.01. The van der Waals surface area contributed by atoms with Crippen molar-refractivity contribution in [2.75, 3.05) is 82.8 Å². The van der Waals surface area contributed by atoms with Gasteiger partial charge in [-0.05, 0) is 100 Å². The summed E-state index contributed by atoms with van der Waals surface area (Å²) in [4.78, 5) is 91.4. The number of aryl methyl sites for hydroxylation is 2. The molecule has 25 heteroatoms. The van der Waals surface area contributed by atoms with E-state index in [0.717, 1.165) is 61.0 Å². The zero-order valence-corrected chi connectivity index (χ0v) is 52.7. The Kier molecular flexibility index (Phi) is 19.8. The number of likely N-dealkylation sites (tertiary alicyclic amines) is 1. The number of aromatic carboxylic acids is 1. The summed E-state index contributed by atoms with van der Waals surface area (Å²) in [5, 5.41) is 40.5. The van der Waals surface area contributed by atoms with Gasteiger partial charge >= 0.3 is 5.97 Å². The lowest BCUT2D eigenvalue weighted by Gasteiger charge is -2.36. The number of likely N-dealkylation sites (N-methyl/N-ethyl adjacent to an activating group) is 1. The molecule has 4 atom stereocenters. The van der Waals surface area contributed by atoms with E-state index >= 15 is 4.39 Å². The van der Waals surface area contributed by atoms with Crippen molar-refractivity contribution in [2.45, 2.75) is 97.9 Å². The van der Waals surface area contributed by atoms with E-state index in [-0.39, 0.29) is 56.1 Å². The van der Waals surface area contributed by atoms with Gasteiger partial charge in [-0.3, -0.25) is 29.0 Å². The summed E-state index contributed by atoms with van der Waals surface area (Å²) in [5.74, 6) is 4.27. The lowest BCUT2D eigenvalue weighted by Crippen LogP contribution is -2.59. The van der Waals surface area contributed by atoms with Crippen LogP contribution in [0, 0.1) is 36.9 Å². The Morgan fingerprint density at radius 3 is 2.43 bits per heavy atom. The molecule has 0 radical (unpaired) electrons. The first-order chi connectivity index (χ1) is 42.2. The fraction of sp³-hybridized carbons (Fsp3) is 0.429. The quantitative estimate of drug-likeness (QED) is 0.0361. The molecule has 0 bridgehead atoms. The molecule has 0 saturated carbocycles. The summed E-state index contributed by atoms with van der Waals surface area (Å²) in [7, 11) is 1.66. The lowest BCUT2D eigenvalue weighted by molar-refractivity contribution is -0.144. The molecule has 3 aliphatic heterocycles. The highest BCUT2D eigenvalue weighted by Crippen LogP contribution is 2.40. The first kappa shape index (κ1) is 63.0. The van der Waals surface area contributed by atoms with Crippen molar-refractivity contribution in [1.82, 2.24) is 55.4 Å². The van der Waals surface area contributed by atoms with Crippen LogP contribution in [0.1, 0.15) is 96.3 Å². The molecule has 7 aromatic rings. The summed E-state index contributed by atoms with van der Waals surface area (Å²) < 4.78 is 22.2. The number of carbonyl (C=O) groups excluding carboxylic acids is 4. The molecule has 7 heterocycles. The van der Waals surface area contributed by atoms with Crippen molar-refractivity contribution >= 4 is 95.7 Å². The second kappa shape index (κ2) is 27.6. The molecule has 3 aliphatic rings. The number of rotatable bonds is 20. The largest absolute Gasteiger partial charge is 0.491 e. The van der Waals surface area contributed by atoms with Crippen LogP contribution < -0.4 is 25.6 Å². The van der Waals surface area contributed by atoms with Crippen LogP contribution in [-0.2, 0) is 32.0 Å². The van der Waals surface area contributed by atoms with E-state index in [1.807, 2.05) is 95.0 Å². The number of piperazine rings is 1. The van der Waals surface area contributed by atoms with Crippen LogP contribution in [0.4, 0.5) is 26.3 Å². The molecule has 3 aromatic carbocycles. The Bertz CT molecular complexity index is 3740. The minimum absolute atomic E-state index is 0.0315. The highest BCUT2D eigenvalue weighted by atomic mass is 32.1. The number of hydrogen-bond acceptors (Lipinski definition) is 19. The monoisotopic (exact) mass is 1250 g/mol. The van der Waals surface area contributed by atoms with Gasteiger partial charge in [-0.25, -0.2) is 24.1 Å². The standard InChI is InChI=1S/C63H72FN13O8S3/c1-37-44-14-11-25-76(57(44)72-71-56(37)70-61-67-46-15-8-9-16-49(46)87-61)62-69-53(60(83)84)50(88-62)17-12-30-85-48-23-18-40(31-45(48)64)13-10-24-74-26-28-75(29-27-74)52(80)35-73(7)34-51(79)68-55(63(4,5)6)59(82)77-33-43(78)32-47(77)58(81)66-38(2)41-19-21-42(22-20-41)54-39(3)65-36-86-54/h8-9,15-16,18-23,31,36,38,43,47,55,78H,11-12,14,17,24-30,32-35H2,1-7H3,(H,66,81)(H,68,79)(H,83,84)(H,67,70,71)/t38-,43+,47-,55+/m0/s1. The van der Waals surface area contributed by atoms with Gasteiger partial charge in [0.15, 0.2) is 39.2 Å². The van der Waals surface area contributed by atoms with E-state index in [2.05, 4.69) is 57.8 Å². The number of nitrogens with zero attached hydrogens (tertiary/aromatic N) is 10. The number of carboxylic acid groups (broad SMARTS) is 1. The normalized spacial score (nSPS) is 16.9. The minimum Gasteiger partial charge on any atom is -0.491 e. The van der Waals surface area contributed by atoms with Crippen LogP contribution in [0.2, 0.25) is 0 Å². The Labute approximate surface area is 522 Å². The SMILES string of the molecule is Cc1ncsc1-c1ccc([C@H](C)NC(=O)[C@@H]2C[C@@H](O)CN2C(=O)[C@@H](NC(=O)CN(C)CC(=O)N2CCN(CC#Cc3ccc(OCCCc4sc(N5CCCc6c5nnc(Nc5nc7ccccc7s5)c6C)nc4C(=O)O)c(F)c3)CC2)C(C)(C)C)cc1. The summed E-state index contributed by atoms with van der Waals surface area (Å²) >= 11 is 4.39. The Morgan fingerprint density at radius 2 is 1.72 bits per heavy atom. The number of aliphatic hydroxyl groups excluding tert-OH is 1. The van der Waals surface area contributed by atoms with Gasteiger partial charge in [-0.15, -0.1) is 32.9 Å².